The number of anilines is 4. The van der Waals surface area contributed by atoms with E-state index in [-0.39, 0.29) is 23.4 Å². The van der Waals surface area contributed by atoms with Crippen molar-refractivity contribution < 1.29 is 14.6 Å². The van der Waals surface area contributed by atoms with Crippen LogP contribution in [-0.2, 0) is 0 Å². The number of H-pyrrole nitrogens is 1. The lowest BCUT2D eigenvalue weighted by Crippen LogP contribution is -2.17. The maximum atomic E-state index is 11.8. The van der Waals surface area contributed by atoms with Gasteiger partial charge in [0.25, 0.3) is 5.91 Å². The smallest absolute Gasteiger partial charge is 0.251 e. The standard InChI is InChI=1S/C26H27N7O3/c1-14-10-20(22(36-3)11-18(14)15-4-8-17(9-5-15)25(35)27-2)29-26-28-13-21(34)24(31-26)30-23-12-19(32-33-23)16-6-7-16/h4-5,8-13,16,34H,6-7H2,1-3H3,(H,27,35)(H3,28,29,30,31,32,33). The topological polar surface area (TPSA) is 137 Å². The van der Waals surface area contributed by atoms with Gasteiger partial charge in [-0.1, -0.05) is 12.1 Å². The number of carbonyl (C=O) groups excluding carboxylic acids is 1. The van der Waals surface area contributed by atoms with Crippen LogP contribution in [0.3, 0.4) is 0 Å². The molecular formula is C26H27N7O3. The zero-order valence-corrected chi connectivity index (χ0v) is 20.2. The molecule has 0 atom stereocenters. The minimum absolute atomic E-state index is 0.0878. The van der Waals surface area contributed by atoms with E-state index in [0.29, 0.717) is 28.7 Å². The van der Waals surface area contributed by atoms with Gasteiger partial charge in [0, 0.05) is 30.3 Å². The Morgan fingerprint density at radius 3 is 2.61 bits per heavy atom. The molecule has 0 bridgehead atoms. The summed E-state index contributed by atoms with van der Waals surface area (Å²) in [5.41, 5.74) is 5.27. The molecule has 0 saturated heterocycles. The highest BCUT2D eigenvalue weighted by Gasteiger charge is 2.25. The number of rotatable bonds is 8. The predicted octanol–water partition coefficient (Wildman–Crippen LogP) is 4.61. The van der Waals surface area contributed by atoms with E-state index in [2.05, 4.69) is 36.1 Å². The first-order valence-corrected chi connectivity index (χ1v) is 11.6. The van der Waals surface area contributed by atoms with Gasteiger partial charge >= 0.3 is 0 Å². The summed E-state index contributed by atoms with van der Waals surface area (Å²) in [5, 5.41) is 26.4. The third-order valence-corrected chi connectivity index (χ3v) is 6.11. The van der Waals surface area contributed by atoms with Gasteiger partial charge in [0.15, 0.2) is 17.4 Å². The van der Waals surface area contributed by atoms with E-state index in [9.17, 15) is 9.90 Å². The Hall–Kier alpha value is -4.60. The summed E-state index contributed by atoms with van der Waals surface area (Å²) in [6.07, 6.45) is 3.65. The van der Waals surface area contributed by atoms with Crippen LogP contribution in [0.2, 0.25) is 0 Å². The second-order valence-corrected chi connectivity index (χ2v) is 8.68. The summed E-state index contributed by atoms with van der Waals surface area (Å²) < 4.78 is 5.63. The molecular weight excluding hydrogens is 458 g/mol. The average Bonchev–Trinajstić information content (AvgIpc) is 3.64. The molecule has 5 rings (SSSR count). The number of nitrogens with zero attached hydrogens (tertiary/aromatic N) is 3. The number of benzene rings is 2. The molecule has 184 valence electrons. The van der Waals surface area contributed by atoms with Crippen molar-refractivity contribution in [1.29, 1.82) is 0 Å². The van der Waals surface area contributed by atoms with Crippen LogP contribution in [0.15, 0.2) is 48.7 Å². The van der Waals surface area contributed by atoms with E-state index in [1.54, 1.807) is 26.3 Å². The van der Waals surface area contributed by atoms with Crippen molar-refractivity contribution in [3.8, 4) is 22.6 Å². The second kappa shape index (κ2) is 9.57. The zero-order valence-electron chi connectivity index (χ0n) is 20.2. The maximum Gasteiger partial charge on any atom is 0.251 e. The van der Waals surface area contributed by atoms with E-state index in [4.69, 9.17) is 4.74 Å². The van der Waals surface area contributed by atoms with E-state index < -0.39 is 0 Å². The highest BCUT2D eigenvalue weighted by Crippen LogP contribution is 2.40. The molecule has 1 amide bonds. The van der Waals surface area contributed by atoms with Gasteiger partial charge in [0.2, 0.25) is 5.95 Å². The number of hydrogen-bond acceptors (Lipinski definition) is 8. The Balaban J connectivity index is 1.38. The van der Waals surface area contributed by atoms with Crippen LogP contribution < -0.4 is 20.7 Å². The van der Waals surface area contributed by atoms with Crippen LogP contribution in [0.25, 0.3) is 11.1 Å². The molecule has 0 spiro atoms. The lowest BCUT2D eigenvalue weighted by molar-refractivity contribution is 0.0963. The van der Waals surface area contributed by atoms with Crippen molar-refractivity contribution in [2.75, 3.05) is 24.8 Å². The molecule has 10 nitrogen and oxygen atoms in total. The fourth-order valence-corrected chi connectivity index (χ4v) is 3.98. The number of aryl methyl sites for hydroxylation is 1. The fourth-order valence-electron chi connectivity index (χ4n) is 3.98. The summed E-state index contributed by atoms with van der Waals surface area (Å²) in [6.45, 7) is 1.99. The van der Waals surface area contributed by atoms with Gasteiger partial charge in [-0.25, -0.2) is 4.98 Å². The van der Waals surface area contributed by atoms with Crippen LogP contribution in [-0.4, -0.2) is 45.3 Å². The largest absolute Gasteiger partial charge is 0.503 e. The Bertz CT molecular complexity index is 1410. The zero-order chi connectivity index (χ0) is 25.2. The molecule has 36 heavy (non-hydrogen) atoms. The molecule has 1 aliphatic carbocycles. The highest BCUT2D eigenvalue weighted by atomic mass is 16.5. The first-order valence-electron chi connectivity index (χ1n) is 11.6. The van der Waals surface area contributed by atoms with Crippen molar-refractivity contribution in [2.24, 2.45) is 0 Å². The molecule has 5 N–H and O–H groups in total. The Morgan fingerprint density at radius 1 is 1.14 bits per heavy atom. The number of methoxy groups -OCH3 is 1. The Morgan fingerprint density at radius 2 is 1.92 bits per heavy atom. The van der Waals surface area contributed by atoms with E-state index in [1.807, 2.05) is 37.3 Å². The maximum absolute atomic E-state index is 11.8. The molecule has 1 saturated carbocycles. The minimum Gasteiger partial charge on any atom is -0.503 e. The van der Waals surface area contributed by atoms with Gasteiger partial charge in [0.05, 0.1) is 19.0 Å². The van der Waals surface area contributed by atoms with Crippen molar-refractivity contribution in [3.63, 3.8) is 0 Å². The van der Waals surface area contributed by atoms with Crippen molar-refractivity contribution >= 4 is 29.2 Å². The van der Waals surface area contributed by atoms with Crippen LogP contribution in [0, 0.1) is 6.92 Å². The van der Waals surface area contributed by atoms with Gasteiger partial charge in [0.1, 0.15) is 5.75 Å². The van der Waals surface area contributed by atoms with Gasteiger partial charge in [-0.2, -0.15) is 10.1 Å². The molecule has 10 heteroatoms. The van der Waals surface area contributed by atoms with Crippen LogP contribution >= 0.6 is 0 Å². The van der Waals surface area contributed by atoms with Crippen LogP contribution in [0.1, 0.15) is 40.4 Å². The molecule has 2 aromatic carbocycles. The summed E-state index contributed by atoms with van der Waals surface area (Å²) in [6, 6.07) is 13.2. The van der Waals surface area contributed by atoms with Crippen molar-refractivity contribution in [1.82, 2.24) is 25.5 Å². The Kier molecular flexibility index (Phi) is 6.16. The first-order chi connectivity index (χ1) is 17.4. The number of aromatic amines is 1. The van der Waals surface area contributed by atoms with Crippen LogP contribution in [0.4, 0.5) is 23.3 Å². The lowest BCUT2D eigenvalue weighted by atomic mass is 9.98. The summed E-state index contributed by atoms with van der Waals surface area (Å²) in [4.78, 5) is 20.5. The number of nitrogens with one attached hydrogen (secondary N) is 4. The number of hydrogen-bond donors (Lipinski definition) is 5. The van der Waals surface area contributed by atoms with Crippen molar-refractivity contribution in [3.05, 3.63) is 65.5 Å². The molecule has 1 aliphatic rings. The molecule has 0 aliphatic heterocycles. The molecule has 2 aromatic heterocycles. The van der Waals surface area contributed by atoms with Crippen LogP contribution in [0.5, 0.6) is 11.5 Å². The number of amides is 1. The third kappa shape index (κ3) is 4.78. The number of carbonyl (C=O) groups is 1. The predicted molar refractivity (Wildman–Crippen MR) is 137 cm³/mol. The normalized spacial score (nSPS) is 12.8. The fraction of sp³-hybridized carbons (Fsp3) is 0.231. The summed E-state index contributed by atoms with van der Waals surface area (Å²) >= 11 is 0. The van der Waals surface area contributed by atoms with Gasteiger partial charge < -0.3 is 25.8 Å². The quantitative estimate of drug-likeness (QED) is 0.244. The molecule has 4 aromatic rings. The number of ether oxygens (including phenoxy) is 1. The molecule has 0 unspecified atom stereocenters. The highest BCUT2D eigenvalue weighted by molar-refractivity contribution is 5.94. The average molecular weight is 486 g/mol. The van der Waals surface area contributed by atoms with E-state index >= 15 is 0 Å². The first kappa shape index (κ1) is 23.2. The van der Waals surface area contributed by atoms with E-state index in [0.717, 1.165) is 35.2 Å². The Labute approximate surface area is 208 Å². The lowest BCUT2D eigenvalue weighted by Gasteiger charge is -2.15. The number of aromatic nitrogens is 4. The number of aromatic hydroxyl groups is 1. The van der Waals surface area contributed by atoms with E-state index in [1.165, 1.54) is 6.20 Å². The SMILES string of the molecule is CNC(=O)c1ccc(-c2cc(OC)c(Nc3ncc(O)c(Nc4cc(C5CC5)[nH]n4)n3)cc2C)cc1. The van der Waals surface area contributed by atoms with Gasteiger partial charge in [-0.3, -0.25) is 9.89 Å². The molecule has 1 fully saturated rings. The van der Waals surface area contributed by atoms with Gasteiger partial charge in [-0.15, -0.1) is 0 Å². The summed E-state index contributed by atoms with van der Waals surface area (Å²) in [7, 11) is 3.20. The third-order valence-electron chi connectivity index (χ3n) is 6.11. The minimum atomic E-state index is -0.131. The molecule has 0 radical (unpaired) electrons. The second-order valence-electron chi connectivity index (χ2n) is 8.68. The van der Waals surface area contributed by atoms with Crippen molar-refractivity contribution in [2.45, 2.75) is 25.7 Å². The molecule has 2 heterocycles. The summed E-state index contributed by atoms with van der Waals surface area (Å²) in [5.74, 6) is 2.02. The van der Waals surface area contributed by atoms with Gasteiger partial charge in [-0.05, 0) is 60.7 Å². The monoisotopic (exact) mass is 485 g/mol.